The van der Waals surface area contributed by atoms with Crippen molar-refractivity contribution in [2.45, 2.75) is 33.8 Å². The van der Waals surface area contributed by atoms with Gasteiger partial charge in [0.2, 0.25) is 0 Å². The summed E-state index contributed by atoms with van der Waals surface area (Å²) in [6, 6.07) is 4.31. The topological polar surface area (TPSA) is 92.5 Å². The lowest BCUT2D eigenvalue weighted by Crippen LogP contribution is -2.39. The number of amides is 1. The van der Waals surface area contributed by atoms with Gasteiger partial charge >= 0.3 is 0 Å². The zero-order valence-corrected chi connectivity index (χ0v) is 12.1. The van der Waals surface area contributed by atoms with Gasteiger partial charge in [-0.1, -0.05) is 26.8 Å². The summed E-state index contributed by atoms with van der Waals surface area (Å²) in [6.45, 7) is 7.30. The van der Waals surface area contributed by atoms with Gasteiger partial charge < -0.3 is 10.4 Å². The third kappa shape index (κ3) is 4.03. The maximum atomic E-state index is 11.9. The van der Waals surface area contributed by atoms with Gasteiger partial charge in [-0.3, -0.25) is 14.9 Å². The first-order chi connectivity index (χ1) is 9.12. The molecule has 0 aliphatic carbocycles. The van der Waals surface area contributed by atoms with Crippen LogP contribution in [0, 0.1) is 22.5 Å². The van der Waals surface area contributed by atoms with E-state index in [0.717, 1.165) is 0 Å². The molecule has 0 heterocycles. The van der Waals surface area contributed by atoms with Crippen molar-refractivity contribution in [3.8, 4) is 0 Å². The molecule has 0 aliphatic rings. The number of aliphatic hydroxyl groups excluding tert-OH is 1. The van der Waals surface area contributed by atoms with Crippen LogP contribution >= 0.6 is 0 Å². The Morgan fingerprint density at radius 3 is 2.55 bits per heavy atom. The van der Waals surface area contributed by atoms with Gasteiger partial charge in [0.1, 0.15) is 0 Å². The molecule has 20 heavy (non-hydrogen) atoms. The van der Waals surface area contributed by atoms with Crippen LogP contribution in [0.15, 0.2) is 18.2 Å². The predicted molar refractivity (Wildman–Crippen MR) is 75.6 cm³/mol. The summed E-state index contributed by atoms with van der Waals surface area (Å²) >= 11 is 0. The van der Waals surface area contributed by atoms with E-state index in [2.05, 4.69) is 5.32 Å². The number of hydrogen-bond donors (Lipinski definition) is 2. The van der Waals surface area contributed by atoms with Gasteiger partial charge in [-0.05, 0) is 18.4 Å². The van der Waals surface area contributed by atoms with E-state index in [-0.39, 0.29) is 23.2 Å². The summed E-state index contributed by atoms with van der Waals surface area (Å²) < 4.78 is 0. The number of carbonyl (C=O) groups is 1. The van der Waals surface area contributed by atoms with Crippen molar-refractivity contribution in [1.29, 1.82) is 0 Å². The molecule has 0 fully saturated rings. The Labute approximate surface area is 118 Å². The number of carbonyl (C=O) groups excluding carboxylic acids is 1. The molecule has 0 saturated carbocycles. The van der Waals surface area contributed by atoms with Crippen LogP contribution in [0.1, 0.15) is 36.7 Å². The molecule has 6 nitrogen and oxygen atoms in total. The SMILES string of the molecule is Cc1ccc(C(=O)NCC(O)C(C)(C)C)cc1[N+](=O)[O-]. The molecule has 0 radical (unpaired) electrons. The first kappa shape index (κ1) is 16.1. The van der Waals surface area contributed by atoms with Crippen LogP contribution in [-0.2, 0) is 0 Å². The molecular formula is C14H20N2O4. The van der Waals surface area contributed by atoms with Crippen LogP contribution in [0.2, 0.25) is 0 Å². The number of hydrogen-bond acceptors (Lipinski definition) is 4. The van der Waals surface area contributed by atoms with Gasteiger partial charge in [-0.2, -0.15) is 0 Å². The highest BCUT2D eigenvalue weighted by Gasteiger charge is 2.23. The Hall–Kier alpha value is -1.95. The van der Waals surface area contributed by atoms with Crippen LogP contribution in [-0.4, -0.2) is 28.6 Å². The van der Waals surface area contributed by atoms with Gasteiger partial charge in [-0.15, -0.1) is 0 Å². The lowest BCUT2D eigenvalue weighted by atomic mass is 9.89. The van der Waals surface area contributed by atoms with Gasteiger partial charge in [0.05, 0.1) is 11.0 Å². The molecule has 0 aliphatic heterocycles. The number of aryl methyl sites for hydroxylation is 1. The van der Waals surface area contributed by atoms with Crippen molar-refractivity contribution in [3.05, 3.63) is 39.4 Å². The summed E-state index contributed by atoms with van der Waals surface area (Å²) in [5.41, 5.74) is 0.283. The van der Waals surface area contributed by atoms with Gasteiger partial charge in [0.25, 0.3) is 11.6 Å². The highest BCUT2D eigenvalue weighted by molar-refractivity contribution is 5.95. The highest BCUT2D eigenvalue weighted by Crippen LogP contribution is 2.20. The first-order valence-corrected chi connectivity index (χ1v) is 6.34. The largest absolute Gasteiger partial charge is 0.391 e. The highest BCUT2D eigenvalue weighted by atomic mass is 16.6. The van der Waals surface area contributed by atoms with E-state index in [1.54, 1.807) is 6.92 Å². The zero-order valence-electron chi connectivity index (χ0n) is 12.1. The monoisotopic (exact) mass is 280 g/mol. The second kappa shape index (κ2) is 6.00. The Morgan fingerprint density at radius 2 is 2.05 bits per heavy atom. The van der Waals surface area contributed by atoms with Crippen molar-refractivity contribution in [2.24, 2.45) is 5.41 Å². The van der Waals surface area contributed by atoms with Crippen molar-refractivity contribution in [3.63, 3.8) is 0 Å². The molecular weight excluding hydrogens is 260 g/mol. The van der Waals surface area contributed by atoms with E-state index in [1.165, 1.54) is 18.2 Å². The summed E-state index contributed by atoms with van der Waals surface area (Å²) in [6.07, 6.45) is -0.688. The fourth-order valence-corrected chi connectivity index (χ4v) is 1.54. The first-order valence-electron chi connectivity index (χ1n) is 6.34. The summed E-state index contributed by atoms with van der Waals surface area (Å²) in [5, 5.41) is 23.3. The van der Waals surface area contributed by atoms with E-state index < -0.39 is 16.9 Å². The molecule has 0 saturated heterocycles. The van der Waals surface area contributed by atoms with Crippen LogP contribution in [0.4, 0.5) is 5.69 Å². The maximum absolute atomic E-state index is 11.9. The van der Waals surface area contributed by atoms with E-state index in [4.69, 9.17) is 0 Å². The average molecular weight is 280 g/mol. The summed E-state index contributed by atoms with van der Waals surface area (Å²) in [7, 11) is 0. The lowest BCUT2D eigenvalue weighted by Gasteiger charge is -2.25. The average Bonchev–Trinajstić information content (AvgIpc) is 2.34. The van der Waals surface area contributed by atoms with E-state index >= 15 is 0 Å². The molecule has 1 unspecified atom stereocenters. The van der Waals surface area contributed by atoms with Crippen LogP contribution in [0.3, 0.4) is 0 Å². The smallest absolute Gasteiger partial charge is 0.273 e. The number of benzene rings is 1. The predicted octanol–water partition coefficient (Wildman–Crippen LogP) is 2.04. The number of nitrogens with one attached hydrogen (secondary N) is 1. The van der Waals surface area contributed by atoms with Gasteiger partial charge in [-0.25, -0.2) is 0 Å². The van der Waals surface area contributed by atoms with Gasteiger partial charge in [0, 0.05) is 23.7 Å². The molecule has 1 aromatic carbocycles. The van der Waals surface area contributed by atoms with Crippen LogP contribution in [0.5, 0.6) is 0 Å². The zero-order chi connectivity index (χ0) is 15.5. The van der Waals surface area contributed by atoms with Crippen molar-refractivity contribution in [2.75, 3.05) is 6.54 Å². The minimum atomic E-state index is -0.688. The Kier molecular flexibility index (Phi) is 4.83. The Morgan fingerprint density at radius 1 is 1.45 bits per heavy atom. The fourth-order valence-electron chi connectivity index (χ4n) is 1.54. The Bertz CT molecular complexity index is 520. The minimum Gasteiger partial charge on any atom is -0.391 e. The molecule has 1 aromatic rings. The molecule has 0 aromatic heterocycles. The van der Waals surface area contributed by atoms with Crippen molar-refractivity contribution in [1.82, 2.24) is 5.32 Å². The standard InChI is InChI=1S/C14H20N2O4/c1-9-5-6-10(7-11(9)16(19)20)13(18)15-8-12(17)14(2,3)4/h5-7,12,17H,8H2,1-4H3,(H,15,18). The quantitative estimate of drug-likeness (QED) is 0.652. The molecule has 0 bridgehead atoms. The minimum absolute atomic E-state index is 0.0889. The molecule has 6 heteroatoms. The summed E-state index contributed by atoms with van der Waals surface area (Å²) in [4.78, 5) is 22.2. The number of nitrogens with zero attached hydrogens (tertiary/aromatic N) is 1. The van der Waals surface area contributed by atoms with Crippen molar-refractivity contribution < 1.29 is 14.8 Å². The number of nitro groups is 1. The van der Waals surface area contributed by atoms with E-state index in [1.807, 2.05) is 20.8 Å². The molecule has 1 amide bonds. The Balaban J connectivity index is 2.79. The second-order valence-electron chi connectivity index (χ2n) is 5.85. The van der Waals surface area contributed by atoms with E-state index in [0.29, 0.717) is 5.56 Å². The van der Waals surface area contributed by atoms with E-state index in [9.17, 15) is 20.0 Å². The van der Waals surface area contributed by atoms with Gasteiger partial charge in [0.15, 0.2) is 0 Å². The fraction of sp³-hybridized carbons (Fsp3) is 0.500. The maximum Gasteiger partial charge on any atom is 0.273 e. The molecule has 1 atom stereocenters. The third-order valence-electron chi connectivity index (χ3n) is 3.12. The second-order valence-corrected chi connectivity index (χ2v) is 5.85. The number of nitro benzene ring substituents is 1. The van der Waals surface area contributed by atoms with Crippen LogP contribution < -0.4 is 5.32 Å². The normalized spacial score (nSPS) is 12.8. The molecule has 2 N–H and O–H groups in total. The molecule has 0 spiro atoms. The molecule has 1 rings (SSSR count). The number of aliphatic hydroxyl groups is 1. The number of rotatable bonds is 4. The molecule has 110 valence electrons. The van der Waals surface area contributed by atoms with Crippen molar-refractivity contribution >= 4 is 11.6 Å². The lowest BCUT2D eigenvalue weighted by molar-refractivity contribution is -0.385. The third-order valence-corrected chi connectivity index (χ3v) is 3.12. The summed E-state index contributed by atoms with van der Waals surface area (Å²) in [5.74, 6) is -0.434. The van der Waals surface area contributed by atoms with Crippen LogP contribution in [0.25, 0.3) is 0 Å².